The van der Waals surface area contributed by atoms with Gasteiger partial charge in [-0.3, -0.25) is 9.52 Å². The molecule has 0 saturated heterocycles. The molecule has 8 heteroatoms. The summed E-state index contributed by atoms with van der Waals surface area (Å²) in [4.78, 5) is 12.5. The monoisotopic (exact) mass is 426 g/mol. The van der Waals surface area contributed by atoms with Crippen LogP contribution in [0.1, 0.15) is 6.92 Å². The standard InChI is InChI=1S/C22H22N2O5S/c1-16(29-20-10-6-9-19(15-20)28-2)22(25)23-17-11-13-21(14-12-17)30(26,27)24-18-7-4-3-5-8-18/h3-16,24H,1-2H3,(H,23,25). The highest BCUT2D eigenvalue weighted by molar-refractivity contribution is 7.92. The molecule has 156 valence electrons. The molecule has 30 heavy (non-hydrogen) atoms. The number of rotatable bonds is 8. The number of hydrogen-bond donors (Lipinski definition) is 2. The fraction of sp³-hybridized carbons (Fsp3) is 0.136. The number of methoxy groups -OCH3 is 1. The molecule has 0 spiro atoms. The number of benzene rings is 3. The summed E-state index contributed by atoms with van der Waals surface area (Å²) in [6.45, 7) is 1.62. The Morgan fingerprint density at radius 3 is 2.20 bits per heavy atom. The highest BCUT2D eigenvalue weighted by Crippen LogP contribution is 2.21. The molecular weight excluding hydrogens is 404 g/mol. The van der Waals surface area contributed by atoms with Crippen molar-refractivity contribution in [2.45, 2.75) is 17.9 Å². The van der Waals surface area contributed by atoms with E-state index in [0.717, 1.165) is 0 Å². The fourth-order valence-corrected chi connectivity index (χ4v) is 3.67. The second kappa shape index (κ2) is 9.32. The van der Waals surface area contributed by atoms with Crippen LogP contribution in [0, 0.1) is 0 Å². The minimum atomic E-state index is -3.72. The summed E-state index contributed by atoms with van der Waals surface area (Å²) in [5.41, 5.74) is 0.929. The van der Waals surface area contributed by atoms with Gasteiger partial charge in [0, 0.05) is 17.4 Å². The van der Waals surface area contributed by atoms with Crippen LogP contribution in [0.2, 0.25) is 0 Å². The van der Waals surface area contributed by atoms with E-state index in [2.05, 4.69) is 10.0 Å². The average Bonchev–Trinajstić information content (AvgIpc) is 2.74. The van der Waals surface area contributed by atoms with Gasteiger partial charge in [0.05, 0.1) is 12.0 Å². The number of para-hydroxylation sites is 1. The molecule has 0 aliphatic rings. The van der Waals surface area contributed by atoms with Gasteiger partial charge >= 0.3 is 0 Å². The maximum atomic E-state index is 12.5. The smallest absolute Gasteiger partial charge is 0.265 e. The van der Waals surface area contributed by atoms with E-state index in [0.29, 0.717) is 22.9 Å². The predicted octanol–water partition coefficient (Wildman–Crippen LogP) is 3.90. The molecular formula is C22H22N2O5S. The topological polar surface area (TPSA) is 93.7 Å². The molecule has 0 aliphatic carbocycles. The number of nitrogens with one attached hydrogen (secondary N) is 2. The molecule has 2 N–H and O–H groups in total. The Labute approximate surface area is 175 Å². The summed E-state index contributed by atoms with van der Waals surface area (Å²) < 4.78 is 38.2. The van der Waals surface area contributed by atoms with Gasteiger partial charge in [-0.25, -0.2) is 8.42 Å². The van der Waals surface area contributed by atoms with Crippen LogP contribution in [0.25, 0.3) is 0 Å². The van der Waals surface area contributed by atoms with Crippen molar-refractivity contribution in [3.8, 4) is 11.5 Å². The van der Waals surface area contributed by atoms with Crippen LogP contribution in [0.15, 0.2) is 83.8 Å². The number of carbonyl (C=O) groups excluding carboxylic acids is 1. The SMILES string of the molecule is COc1cccc(OC(C)C(=O)Nc2ccc(S(=O)(=O)Nc3ccccc3)cc2)c1. The molecule has 7 nitrogen and oxygen atoms in total. The largest absolute Gasteiger partial charge is 0.497 e. The first kappa shape index (κ1) is 21.2. The van der Waals surface area contributed by atoms with Crippen molar-refractivity contribution in [1.82, 2.24) is 0 Å². The van der Waals surface area contributed by atoms with Gasteiger partial charge in [0.2, 0.25) is 0 Å². The summed E-state index contributed by atoms with van der Waals surface area (Å²) in [5.74, 6) is 0.766. The number of carbonyl (C=O) groups is 1. The van der Waals surface area contributed by atoms with Crippen molar-refractivity contribution in [3.05, 3.63) is 78.9 Å². The maximum Gasteiger partial charge on any atom is 0.265 e. The van der Waals surface area contributed by atoms with E-state index in [1.54, 1.807) is 68.6 Å². The van der Waals surface area contributed by atoms with Gasteiger partial charge in [-0.05, 0) is 55.5 Å². The fourth-order valence-electron chi connectivity index (χ4n) is 2.61. The van der Waals surface area contributed by atoms with Gasteiger partial charge in [0.15, 0.2) is 6.10 Å². The molecule has 3 rings (SSSR count). The van der Waals surface area contributed by atoms with Crippen LogP contribution in [0.3, 0.4) is 0 Å². The molecule has 0 aromatic heterocycles. The second-order valence-corrected chi connectivity index (χ2v) is 8.11. The second-order valence-electron chi connectivity index (χ2n) is 6.42. The first-order valence-electron chi connectivity index (χ1n) is 9.17. The van der Waals surface area contributed by atoms with Crippen LogP contribution in [-0.2, 0) is 14.8 Å². The van der Waals surface area contributed by atoms with E-state index in [1.165, 1.54) is 24.3 Å². The number of amides is 1. The molecule has 0 radical (unpaired) electrons. The molecule has 0 saturated carbocycles. The van der Waals surface area contributed by atoms with Gasteiger partial charge in [-0.15, -0.1) is 0 Å². The lowest BCUT2D eigenvalue weighted by Crippen LogP contribution is -2.30. The zero-order chi connectivity index (χ0) is 21.6. The van der Waals surface area contributed by atoms with Crippen molar-refractivity contribution in [2.75, 3.05) is 17.1 Å². The van der Waals surface area contributed by atoms with Crippen molar-refractivity contribution in [2.24, 2.45) is 0 Å². The maximum absolute atomic E-state index is 12.5. The van der Waals surface area contributed by atoms with Crippen molar-refractivity contribution < 1.29 is 22.7 Å². The average molecular weight is 426 g/mol. The van der Waals surface area contributed by atoms with Crippen LogP contribution < -0.4 is 19.5 Å². The third kappa shape index (κ3) is 5.51. The molecule has 1 unspecified atom stereocenters. The van der Waals surface area contributed by atoms with E-state index >= 15 is 0 Å². The lowest BCUT2D eigenvalue weighted by Gasteiger charge is -2.15. The highest BCUT2D eigenvalue weighted by Gasteiger charge is 2.17. The van der Waals surface area contributed by atoms with E-state index in [1.807, 2.05) is 0 Å². The third-order valence-corrected chi connectivity index (χ3v) is 5.58. The molecule has 0 fully saturated rings. The van der Waals surface area contributed by atoms with Crippen molar-refractivity contribution in [1.29, 1.82) is 0 Å². The Hall–Kier alpha value is -3.52. The Kier molecular flexibility index (Phi) is 6.58. The Morgan fingerprint density at radius 2 is 1.53 bits per heavy atom. The number of sulfonamides is 1. The van der Waals surface area contributed by atoms with E-state index in [-0.39, 0.29) is 10.8 Å². The summed E-state index contributed by atoms with van der Waals surface area (Å²) in [6, 6.07) is 21.5. The van der Waals surface area contributed by atoms with E-state index in [4.69, 9.17) is 9.47 Å². The first-order valence-corrected chi connectivity index (χ1v) is 10.7. The van der Waals surface area contributed by atoms with E-state index in [9.17, 15) is 13.2 Å². The first-order chi connectivity index (χ1) is 14.4. The Morgan fingerprint density at radius 1 is 0.867 bits per heavy atom. The lowest BCUT2D eigenvalue weighted by molar-refractivity contribution is -0.122. The Bertz CT molecular complexity index is 1100. The summed E-state index contributed by atoms with van der Waals surface area (Å²) in [6.07, 6.45) is -0.764. The van der Waals surface area contributed by atoms with E-state index < -0.39 is 16.1 Å². The van der Waals surface area contributed by atoms with Crippen LogP contribution in [0.5, 0.6) is 11.5 Å². The van der Waals surface area contributed by atoms with Gasteiger partial charge in [-0.1, -0.05) is 24.3 Å². The molecule has 1 atom stereocenters. The molecule has 3 aromatic carbocycles. The molecule has 3 aromatic rings. The third-order valence-electron chi connectivity index (χ3n) is 4.18. The number of ether oxygens (including phenoxy) is 2. The van der Waals surface area contributed by atoms with Crippen molar-refractivity contribution >= 4 is 27.3 Å². The summed E-state index contributed by atoms with van der Waals surface area (Å²) >= 11 is 0. The van der Waals surface area contributed by atoms with Gasteiger partial charge < -0.3 is 14.8 Å². The quantitative estimate of drug-likeness (QED) is 0.570. The van der Waals surface area contributed by atoms with Crippen LogP contribution >= 0.6 is 0 Å². The minimum absolute atomic E-state index is 0.0880. The van der Waals surface area contributed by atoms with Crippen LogP contribution in [-0.4, -0.2) is 27.5 Å². The van der Waals surface area contributed by atoms with Gasteiger partial charge in [0.25, 0.3) is 15.9 Å². The number of hydrogen-bond acceptors (Lipinski definition) is 5. The van der Waals surface area contributed by atoms with Gasteiger partial charge in [0.1, 0.15) is 11.5 Å². The Balaban J connectivity index is 1.62. The highest BCUT2D eigenvalue weighted by atomic mass is 32.2. The predicted molar refractivity (Wildman–Crippen MR) is 115 cm³/mol. The molecule has 0 aliphatic heterocycles. The van der Waals surface area contributed by atoms with Crippen LogP contribution in [0.4, 0.5) is 11.4 Å². The number of anilines is 2. The van der Waals surface area contributed by atoms with Crippen molar-refractivity contribution in [3.63, 3.8) is 0 Å². The zero-order valence-corrected chi connectivity index (χ0v) is 17.3. The molecule has 0 heterocycles. The zero-order valence-electron chi connectivity index (χ0n) is 16.5. The summed E-state index contributed by atoms with van der Waals surface area (Å²) in [5, 5.41) is 2.71. The summed E-state index contributed by atoms with van der Waals surface area (Å²) in [7, 11) is -2.17. The van der Waals surface area contributed by atoms with Gasteiger partial charge in [-0.2, -0.15) is 0 Å². The molecule has 0 bridgehead atoms. The molecule has 1 amide bonds. The minimum Gasteiger partial charge on any atom is -0.497 e. The normalized spacial score (nSPS) is 11.9. The lowest BCUT2D eigenvalue weighted by atomic mass is 10.3.